The van der Waals surface area contributed by atoms with E-state index in [4.69, 9.17) is 16.3 Å². The molecule has 1 amide bonds. The highest BCUT2D eigenvalue weighted by Crippen LogP contribution is 2.15. The van der Waals surface area contributed by atoms with Crippen LogP contribution >= 0.6 is 11.6 Å². The van der Waals surface area contributed by atoms with Crippen LogP contribution in [0.15, 0.2) is 24.3 Å². The summed E-state index contributed by atoms with van der Waals surface area (Å²) in [5.74, 6) is 0.442. The Kier molecular flexibility index (Phi) is 3.54. The third-order valence-electron chi connectivity index (χ3n) is 1.25. The Bertz CT molecular complexity index is 287. The lowest BCUT2D eigenvalue weighted by Crippen LogP contribution is -2.36. The molecule has 0 saturated heterocycles. The number of rotatable bonds is 2. The first-order chi connectivity index (χ1) is 6.22. The van der Waals surface area contributed by atoms with Crippen LogP contribution in [0.1, 0.15) is 0 Å². The first kappa shape index (κ1) is 9.83. The fourth-order valence-corrected chi connectivity index (χ4v) is 0.863. The molecule has 1 aromatic carbocycles. The maximum atomic E-state index is 10.9. The van der Waals surface area contributed by atoms with Gasteiger partial charge in [0.25, 0.3) is 0 Å². The van der Waals surface area contributed by atoms with Gasteiger partial charge in [-0.3, -0.25) is 5.43 Å². The molecule has 1 rings (SSSR count). The quantitative estimate of drug-likeness (QED) is 0.713. The average molecular weight is 201 g/mol. The number of carbonyl (C=O) groups is 1. The lowest BCUT2D eigenvalue weighted by Gasteiger charge is -2.04. The van der Waals surface area contributed by atoms with Gasteiger partial charge in [0.1, 0.15) is 5.75 Å². The number of ether oxygens (including phenoxy) is 1. The van der Waals surface area contributed by atoms with Gasteiger partial charge in [-0.2, -0.15) is 0 Å². The van der Waals surface area contributed by atoms with Crippen molar-refractivity contribution in [2.45, 2.75) is 0 Å². The summed E-state index contributed by atoms with van der Waals surface area (Å²) in [4.78, 5) is 10.9. The van der Waals surface area contributed by atoms with E-state index in [1.807, 2.05) is 0 Å². The van der Waals surface area contributed by atoms with Crippen molar-refractivity contribution in [1.82, 2.24) is 10.9 Å². The van der Waals surface area contributed by atoms with Gasteiger partial charge in [-0.1, -0.05) is 11.6 Å². The Labute approximate surface area is 80.8 Å². The van der Waals surface area contributed by atoms with Crippen LogP contribution in [0.5, 0.6) is 5.75 Å². The second kappa shape index (κ2) is 4.69. The van der Waals surface area contributed by atoms with Gasteiger partial charge in [0.15, 0.2) is 0 Å². The summed E-state index contributed by atoms with van der Waals surface area (Å²) in [6.07, 6.45) is -0.565. The van der Waals surface area contributed by atoms with Crippen LogP contribution in [-0.2, 0) is 0 Å². The van der Waals surface area contributed by atoms with Crippen molar-refractivity contribution >= 4 is 17.7 Å². The Morgan fingerprint density at radius 1 is 1.38 bits per heavy atom. The highest BCUT2D eigenvalue weighted by atomic mass is 35.5. The van der Waals surface area contributed by atoms with Crippen LogP contribution in [-0.4, -0.2) is 13.1 Å². The molecule has 13 heavy (non-hydrogen) atoms. The monoisotopic (exact) mass is 200 g/mol. The highest BCUT2D eigenvalue weighted by molar-refractivity contribution is 6.30. The van der Waals surface area contributed by atoms with Crippen molar-refractivity contribution in [3.05, 3.63) is 29.3 Å². The summed E-state index contributed by atoms with van der Waals surface area (Å²) in [7, 11) is 1.57. The fourth-order valence-electron chi connectivity index (χ4n) is 0.737. The molecule has 0 fully saturated rings. The average Bonchev–Trinajstić information content (AvgIpc) is 2.09. The maximum Gasteiger partial charge on any atom is 0.427 e. The Hall–Kier alpha value is -1.26. The lowest BCUT2D eigenvalue weighted by atomic mass is 10.3. The molecule has 0 radical (unpaired) electrons. The van der Waals surface area contributed by atoms with Crippen molar-refractivity contribution < 1.29 is 9.53 Å². The van der Waals surface area contributed by atoms with Gasteiger partial charge in [0.05, 0.1) is 0 Å². The van der Waals surface area contributed by atoms with Crippen molar-refractivity contribution in [2.24, 2.45) is 0 Å². The summed E-state index contributed by atoms with van der Waals surface area (Å²) in [6, 6.07) is 6.50. The number of carbonyl (C=O) groups excluding carboxylic acids is 1. The number of amides is 1. The van der Waals surface area contributed by atoms with Crippen LogP contribution < -0.4 is 15.6 Å². The van der Waals surface area contributed by atoms with Crippen LogP contribution in [0.4, 0.5) is 4.79 Å². The van der Waals surface area contributed by atoms with Crippen LogP contribution in [0.3, 0.4) is 0 Å². The molecule has 0 aliphatic carbocycles. The van der Waals surface area contributed by atoms with E-state index in [1.54, 1.807) is 31.3 Å². The van der Waals surface area contributed by atoms with Gasteiger partial charge < -0.3 is 4.74 Å². The molecule has 0 bridgehead atoms. The van der Waals surface area contributed by atoms with Gasteiger partial charge in [-0.05, 0) is 24.3 Å². The predicted octanol–water partition coefficient (Wildman–Crippen LogP) is 1.56. The molecule has 0 unspecified atom stereocenters. The van der Waals surface area contributed by atoms with E-state index in [0.29, 0.717) is 10.8 Å². The van der Waals surface area contributed by atoms with Crippen LogP contribution in [0, 0.1) is 0 Å². The van der Waals surface area contributed by atoms with E-state index in [-0.39, 0.29) is 0 Å². The SMILES string of the molecule is CNNC(=O)Oc1ccc(Cl)cc1. The Balaban J connectivity index is 2.54. The standard InChI is InChI=1S/C8H9ClN2O2/c1-10-11-8(12)13-7-4-2-6(9)3-5-7/h2-5,10H,1H3,(H,11,12). The minimum atomic E-state index is -0.565. The first-order valence-corrected chi connectivity index (χ1v) is 4.00. The summed E-state index contributed by atoms with van der Waals surface area (Å²) < 4.78 is 4.84. The minimum absolute atomic E-state index is 0.442. The molecular weight excluding hydrogens is 192 g/mol. The molecule has 0 atom stereocenters. The van der Waals surface area contributed by atoms with Gasteiger partial charge in [0, 0.05) is 12.1 Å². The molecule has 0 saturated carbocycles. The number of hydrogen-bond donors (Lipinski definition) is 2. The lowest BCUT2D eigenvalue weighted by molar-refractivity contribution is 0.196. The molecule has 0 spiro atoms. The third kappa shape index (κ3) is 3.31. The van der Waals surface area contributed by atoms with E-state index < -0.39 is 6.09 Å². The molecule has 4 nitrogen and oxygen atoms in total. The molecule has 0 heterocycles. The van der Waals surface area contributed by atoms with E-state index in [0.717, 1.165) is 0 Å². The fraction of sp³-hybridized carbons (Fsp3) is 0.125. The van der Waals surface area contributed by atoms with Gasteiger partial charge in [-0.25, -0.2) is 10.2 Å². The highest BCUT2D eigenvalue weighted by Gasteiger charge is 2.01. The van der Waals surface area contributed by atoms with Crippen molar-refractivity contribution in [2.75, 3.05) is 7.05 Å². The zero-order chi connectivity index (χ0) is 9.68. The van der Waals surface area contributed by atoms with E-state index in [9.17, 15) is 4.79 Å². The molecule has 0 aliphatic heterocycles. The van der Waals surface area contributed by atoms with Gasteiger partial charge in [-0.15, -0.1) is 0 Å². The molecule has 2 N–H and O–H groups in total. The maximum absolute atomic E-state index is 10.9. The zero-order valence-electron chi connectivity index (χ0n) is 7.00. The number of hydrazine groups is 1. The molecule has 1 aromatic rings. The van der Waals surface area contributed by atoms with Gasteiger partial charge >= 0.3 is 6.09 Å². The molecule has 0 aromatic heterocycles. The topological polar surface area (TPSA) is 50.4 Å². The number of hydrogen-bond acceptors (Lipinski definition) is 3. The Morgan fingerprint density at radius 3 is 2.54 bits per heavy atom. The van der Waals surface area contributed by atoms with E-state index >= 15 is 0 Å². The third-order valence-corrected chi connectivity index (χ3v) is 1.50. The summed E-state index contributed by atoms with van der Waals surface area (Å²) in [6.45, 7) is 0. The van der Waals surface area contributed by atoms with Crippen molar-refractivity contribution in [1.29, 1.82) is 0 Å². The smallest absolute Gasteiger partial charge is 0.409 e. The number of benzene rings is 1. The predicted molar refractivity (Wildman–Crippen MR) is 49.7 cm³/mol. The molecule has 5 heteroatoms. The number of nitrogens with one attached hydrogen (secondary N) is 2. The second-order valence-corrected chi connectivity index (χ2v) is 2.65. The normalized spacial score (nSPS) is 9.38. The Morgan fingerprint density at radius 2 is 2.00 bits per heavy atom. The zero-order valence-corrected chi connectivity index (χ0v) is 7.76. The minimum Gasteiger partial charge on any atom is -0.409 e. The number of halogens is 1. The first-order valence-electron chi connectivity index (χ1n) is 3.62. The van der Waals surface area contributed by atoms with Crippen LogP contribution in [0.25, 0.3) is 0 Å². The molecular formula is C8H9ClN2O2. The second-order valence-electron chi connectivity index (χ2n) is 2.22. The summed E-state index contributed by atoms with van der Waals surface area (Å²) in [5.41, 5.74) is 4.71. The molecule has 0 aliphatic rings. The largest absolute Gasteiger partial charge is 0.427 e. The van der Waals surface area contributed by atoms with E-state index in [2.05, 4.69) is 10.9 Å². The molecule has 70 valence electrons. The van der Waals surface area contributed by atoms with Crippen molar-refractivity contribution in [3.8, 4) is 5.75 Å². The summed E-state index contributed by atoms with van der Waals surface area (Å²) in [5, 5.41) is 0.598. The van der Waals surface area contributed by atoms with Crippen molar-refractivity contribution in [3.63, 3.8) is 0 Å². The van der Waals surface area contributed by atoms with Gasteiger partial charge in [0.2, 0.25) is 0 Å². The van der Waals surface area contributed by atoms with E-state index in [1.165, 1.54) is 0 Å². The summed E-state index contributed by atoms with van der Waals surface area (Å²) >= 11 is 5.64. The van der Waals surface area contributed by atoms with Crippen LogP contribution in [0.2, 0.25) is 5.02 Å².